The largest absolute Gasteiger partial charge is 0.394 e. The molecule has 0 radical (unpaired) electrons. The van der Waals surface area contributed by atoms with Crippen LogP contribution in [-0.2, 0) is 0 Å². The van der Waals surface area contributed by atoms with Gasteiger partial charge in [0.25, 0.3) is 0 Å². The van der Waals surface area contributed by atoms with Gasteiger partial charge < -0.3 is 10.8 Å². The Morgan fingerprint density at radius 1 is 1.47 bits per heavy atom. The van der Waals surface area contributed by atoms with Crippen LogP contribution in [0.15, 0.2) is 23.1 Å². The Morgan fingerprint density at radius 2 is 2.24 bits per heavy atom. The van der Waals surface area contributed by atoms with E-state index >= 15 is 0 Å². The van der Waals surface area contributed by atoms with Gasteiger partial charge in [-0.3, -0.25) is 0 Å². The minimum Gasteiger partial charge on any atom is -0.394 e. The number of thioether (sulfide) groups is 1. The standard InChI is InChI=1S/C14H21NOS/c1-10-3-4-11(2)13(7-10)17-12-5-6-14(15,8-12)9-16/h3-4,7,12,16H,5-6,8-9,15H2,1-2H3. The van der Waals surface area contributed by atoms with Crippen molar-refractivity contribution < 1.29 is 5.11 Å². The monoisotopic (exact) mass is 251 g/mol. The zero-order valence-corrected chi connectivity index (χ0v) is 11.4. The highest BCUT2D eigenvalue weighted by atomic mass is 32.2. The molecule has 0 aliphatic heterocycles. The predicted octanol–water partition coefficient (Wildman–Crippen LogP) is 2.64. The van der Waals surface area contributed by atoms with Crippen LogP contribution in [0.4, 0.5) is 0 Å². The molecule has 0 saturated heterocycles. The molecule has 17 heavy (non-hydrogen) atoms. The van der Waals surface area contributed by atoms with Crippen LogP contribution in [0.3, 0.4) is 0 Å². The van der Waals surface area contributed by atoms with Crippen LogP contribution < -0.4 is 5.73 Å². The molecule has 2 atom stereocenters. The molecule has 0 amide bonds. The maximum Gasteiger partial charge on any atom is 0.0611 e. The Bertz CT molecular complexity index is 407. The number of hydrogen-bond donors (Lipinski definition) is 2. The van der Waals surface area contributed by atoms with Gasteiger partial charge in [-0.25, -0.2) is 0 Å². The molecular formula is C14H21NOS. The molecule has 1 saturated carbocycles. The maximum atomic E-state index is 9.27. The number of hydrogen-bond acceptors (Lipinski definition) is 3. The van der Waals surface area contributed by atoms with Crippen molar-refractivity contribution >= 4 is 11.8 Å². The van der Waals surface area contributed by atoms with Gasteiger partial charge in [-0.2, -0.15) is 0 Å². The lowest BCUT2D eigenvalue weighted by Gasteiger charge is -2.20. The van der Waals surface area contributed by atoms with E-state index in [1.807, 2.05) is 11.8 Å². The zero-order valence-electron chi connectivity index (χ0n) is 10.6. The molecule has 1 aromatic rings. The molecule has 0 aromatic heterocycles. The quantitative estimate of drug-likeness (QED) is 0.868. The van der Waals surface area contributed by atoms with Crippen molar-refractivity contribution in [3.05, 3.63) is 29.3 Å². The van der Waals surface area contributed by atoms with E-state index in [0.29, 0.717) is 5.25 Å². The lowest BCUT2D eigenvalue weighted by molar-refractivity contribution is 0.200. The molecule has 2 unspecified atom stereocenters. The minimum atomic E-state index is -0.338. The first kappa shape index (κ1) is 12.9. The van der Waals surface area contributed by atoms with Gasteiger partial charge in [0, 0.05) is 15.7 Å². The van der Waals surface area contributed by atoms with Crippen molar-refractivity contribution in [1.82, 2.24) is 0 Å². The van der Waals surface area contributed by atoms with Gasteiger partial charge in [0.05, 0.1) is 6.61 Å². The first-order valence-corrected chi connectivity index (χ1v) is 7.04. The predicted molar refractivity (Wildman–Crippen MR) is 73.4 cm³/mol. The summed E-state index contributed by atoms with van der Waals surface area (Å²) < 4.78 is 0. The summed E-state index contributed by atoms with van der Waals surface area (Å²) in [4.78, 5) is 1.36. The van der Waals surface area contributed by atoms with Crippen LogP contribution in [0.5, 0.6) is 0 Å². The van der Waals surface area contributed by atoms with E-state index in [9.17, 15) is 5.11 Å². The van der Waals surface area contributed by atoms with Gasteiger partial charge in [-0.1, -0.05) is 17.7 Å². The topological polar surface area (TPSA) is 46.2 Å². The summed E-state index contributed by atoms with van der Waals surface area (Å²) in [6, 6.07) is 6.57. The summed E-state index contributed by atoms with van der Waals surface area (Å²) in [5.41, 5.74) is 8.40. The molecule has 0 bridgehead atoms. The van der Waals surface area contributed by atoms with Crippen LogP contribution in [0.2, 0.25) is 0 Å². The first-order valence-electron chi connectivity index (χ1n) is 6.16. The number of aliphatic hydroxyl groups excluding tert-OH is 1. The summed E-state index contributed by atoms with van der Waals surface area (Å²) in [5.74, 6) is 0. The van der Waals surface area contributed by atoms with Gasteiger partial charge in [0.15, 0.2) is 0 Å². The molecule has 1 aromatic carbocycles. The van der Waals surface area contributed by atoms with Gasteiger partial charge in [-0.15, -0.1) is 11.8 Å². The average Bonchev–Trinajstić information content (AvgIpc) is 2.67. The molecule has 1 aliphatic rings. The SMILES string of the molecule is Cc1ccc(C)c(SC2CCC(N)(CO)C2)c1. The lowest BCUT2D eigenvalue weighted by Crippen LogP contribution is -2.40. The van der Waals surface area contributed by atoms with E-state index < -0.39 is 0 Å². The van der Waals surface area contributed by atoms with Crippen LogP contribution in [0.25, 0.3) is 0 Å². The Hall–Kier alpha value is -0.510. The Labute approximate surface area is 108 Å². The first-order chi connectivity index (χ1) is 8.02. The van der Waals surface area contributed by atoms with Crippen molar-refractivity contribution in [2.45, 2.75) is 48.8 Å². The van der Waals surface area contributed by atoms with Crippen molar-refractivity contribution in [3.63, 3.8) is 0 Å². The van der Waals surface area contributed by atoms with E-state index in [1.165, 1.54) is 16.0 Å². The fraction of sp³-hybridized carbons (Fsp3) is 0.571. The van der Waals surface area contributed by atoms with Crippen molar-refractivity contribution in [2.75, 3.05) is 6.61 Å². The molecule has 3 N–H and O–H groups in total. The van der Waals surface area contributed by atoms with Gasteiger partial charge in [0.2, 0.25) is 0 Å². The number of benzene rings is 1. The molecule has 0 spiro atoms. The van der Waals surface area contributed by atoms with Gasteiger partial charge >= 0.3 is 0 Å². The van der Waals surface area contributed by atoms with E-state index in [-0.39, 0.29) is 12.1 Å². The van der Waals surface area contributed by atoms with E-state index in [0.717, 1.165) is 19.3 Å². The third-order valence-corrected chi connectivity index (χ3v) is 4.98. The molecular weight excluding hydrogens is 230 g/mol. The molecule has 0 heterocycles. The molecule has 2 rings (SSSR count). The minimum absolute atomic E-state index is 0.108. The second-order valence-electron chi connectivity index (χ2n) is 5.27. The third-order valence-electron chi connectivity index (χ3n) is 3.55. The highest BCUT2D eigenvalue weighted by Gasteiger charge is 2.35. The normalized spacial score (nSPS) is 28.6. The zero-order chi connectivity index (χ0) is 12.5. The second kappa shape index (κ2) is 5.01. The number of rotatable bonds is 3. The van der Waals surface area contributed by atoms with Crippen LogP contribution in [0.1, 0.15) is 30.4 Å². The molecule has 1 fully saturated rings. The molecule has 1 aliphatic carbocycles. The third kappa shape index (κ3) is 3.03. The average molecular weight is 251 g/mol. The fourth-order valence-electron chi connectivity index (χ4n) is 2.36. The van der Waals surface area contributed by atoms with E-state index in [2.05, 4.69) is 32.0 Å². The fourth-order valence-corrected chi connectivity index (χ4v) is 3.88. The van der Waals surface area contributed by atoms with Crippen molar-refractivity contribution in [3.8, 4) is 0 Å². The Morgan fingerprint density at radius 3 is 2.88 bits per heavy atom. The summed E-state index contributed by atoms with van der Waals surface area (Å²) in [6.07, 6.45) is 2.96. The summed E-state index contributed by atoms with van der Waals surface area (Å²) in [6.45, 7) is 4.38. The van der Waals surface area contributed by atoms with Gasteiger partial charge in [-0.05, 0) is 44.7 Å². The Kier molecular flexibility index (Phi) is 3.81. The van der Waals surface area contributed by atoms with Crippen molar-refractivity contribution in [2.24, 2.45) is 5.73 Å². The number of nitrogens with two attached hydrogens (primary N) is 1. The number of aliphatic hydroxyl groups is 1. The summed E-state index contributed by atoms with van der Waals surface area (Å²) >= 11 is 1.92. The van der Waals surface area contributed by atoms with Crippen LogP contribution >= 0.6 is 11.8 Å². The van der Waals surface area contributed by atoms with Gasteiger partial charge in [0.1, 0.15) is 0 Å². The maximum absolute atomic E-state index is 9.27. The highest BCUT2D eigenvalue weighted by molar-refractivity contribution is 8.00. The molecule has 94 valence electrons. The summed E-state index contributed by atoms with van der Waals surface area (Å²) in [5, 5.41) is 9.82. The Balaban J connectivity index is 2.05. The highest BCUT2D eigenvalue weighted by Crippen LogP contribution is 2.40. The smallest absolute Gasteiger partial charge is 0.0611 e. The molecule has 2 nitrogen and oxygen atoms in total. The molecule has 3 heteroatoms. The second-order valence-corrected chi connectivity index (χ2v) is 6.61. The van der Waals surface area contributed by atoms with E-state index in [1.54, 1.807) is 0 Å². The number of aryl methyl sites for hydroxylation is 2. The summed E-state index contributed by atoms with van der Waals surface area (Å²) in [7, 11) is 0. The van der Waals surface area contributed by atoms with E-state index in [4.69, 9.17) is 5.73 Å². The van der Waals surface area contributed by atoms with Crippen molar-refractivity contribution in [1.29, 1.82) is 0 Å². The lowest BCUT2D eigenvalue weighted by atomic mass is 10.0. The van der Waals surface area contributed by atoms with Crippen LogP contribution in [-0.4, -0.2) is 22.5 Å². The van der Waals surface area contributed by atoms with Crippen LogP contribution in [0, 0.1) is 13.8 Å².